The minimum atomic E-state index is -0.147. The van der Waals surface area contributed by atoms with Crippen molar-refractivity contribution in [1.82, 2.24) is 24.8 Å². The van der Waals surface area contributed by atoms with Crippen molar-refractivity contribution in [2.45, 2.75) is 51.4 Å². The molecule has 0 saturated heterocycles. The first kappa shape index (κ1) is 22.5. The monoisotopic (exact) mass is 439 g/mol. The van der Waals surface area contributed by atoms with Crippen LogP contribution >= 0.6 is 0 Å². The minimum absolute atomic E-state index is 0.0992. The molecule has 0 bridgehead atoms. The fourth-order valence-electron chi connectivity index (χ4n) is 4.84. The summed E-state index contributed by atoms with van der Waals surface area (Å²) in [6.45, 7) is 4.33. The molecule has 1 saturated carbocycles. The van der Waals surface area contributed by atoms with E-state index in [1.807, 2.05) is 36.8 Å². The van der Waals surface area contributed by atoms with Crippen LogP contribution in [0.5, 0.6) is 0 Å². The van der Waals surface area contributed by atoms with E-state index < -0.39 is 0 Å². The van der Waals surface area contributed by atoms with Crippen molar-refractivity contribution in [3.63, 3.8) is 0 Å². The Kier molecular flexibility index (Phi) is 6.69. The van der Waals surface area contributed by atoms with Gasteiger partial charge < -0.3 is 5.32 Å². The maximum absolute atomic E-state index is 13.5. The van der Waals surface area contributed by atoms with Crippen LogP contribution in [-0.4, -0.2) is 32.0 Å². The summed E-state index contributed by atoms with van der Waals surface area (Å²) >= 11 is 0. The summed E-state index contributed by atoms with van der Waals surface area (Å²) in [5, 5.41) is 4.77. The van der Waals surface area contributed by atoms with Gasteiger partial charge in [0.05, 0.1) is 10.9 Å². The van der Waals surface area contributed by atoms with Gasteiger partial charge in [-0.05, 0) is 44.4 Å². The van der Waals surface area contributed by atoms with E-state index in [1.165, 1.54) is 12.0 Å². The Morgan fingerprint density at radius 3 is 2.61 bits per heavy atom. The highest BCUT2D eigenvalue weighted by molar-refractivity contribution is 5.95. The second-order valence-electron chi connectivity index (χ2n) is 8.55. The predicted octanol–water partition coefficient (Wildman–Crippen LogP) is 2.90. The van der Waals surface area contributed by atoms with E-state index in [2.05, 4.69) is 32.3 Å². The molecule has 0 aromatic carbocycles. The predicted molar refractivity (Wildman–Crippen MR) is 130 cm³/mol. The second kappa shape index (κ2) is 9.83. The smallest absolute Gasteiger partial charge is 0.253 e. The first-order valence-electron chi connectivity index (χ1n) is 11.4. The molecule has 1 fully saturated rings. The number of carbonyl (C=O) groups excluding carboxylic acids is 1. The number of carbonyl (C=O) groups is 1. The van der Waals surface area contributed by atoms with Crippen molar-refractivity contribution in [1.29, 1.82) is 0 Å². The van der Waals surface area contributed by atoms with Gasteiger partial charge in [0, 0.05) is 53.7 Å². The molecular weight excluding hydrogens is 410 g/mol. The number of hydrogen-bond acceptors (Lipinski definition) is 4. The third kappa shape index (κ3) is 4.45. The molecule has 0 radical (unpaired) electrons. The van der Waals surface area contributed by atoms with Crippen molar-refractivity contribution in [3.8, 4) is 18.3 Å². The lowest BCUT2D eigenvalue weighted by molar-refractivity contribution is 0.0935. The van der Waals surface area contributed by atoms with E-state index in [1.54, 1.807) is 30.9 Å². The number of pyridine rings is 1. The van der Waals surface area contributed by atoms with Crippen LogP contribution in [-0.2, 0) is 5.41 Å². The van der Waals surface area contributed by atoms with Gasteiger partial charge in [0.15, 0.2) is 0 Å². The maximum atomic E-state index is 13.5. The molecule has 3 aromatic rings. The number of rotatable bonds is 5. The highest BCUT2D eigenvalue weighted by Crippen LogP contribution is 2.38. The first-order valence-corrected chi connectivity index (χ1v) is 11.4. The molecule has 1 aliphatic rings. The Bertz CT molecular complexity index is 1280. The fourth-order valence-corrected chi connectivity index (χ4v) is 4.84. The highest BCUT2D eigenvalue weighted by Gasteiger charge is 2.34. The SMILES string of the molecule is C#CC(C)=c1c(C(=O)NCC2(c3cccnc3)CCCCC2)cn(-c2ncccn2)c1=CC. The van der Waals surface area contributed by atoms with E-state index >= 15 is 0 Å². The van der Waals surface area contributed by atoms with Gasteiger partial charge >= 0.3 is 0 Å². The summed E-state index contributed by atoms with van der Waals surface area (Å²) < 4.78 is 1.82. The van der Waals surface area contributed by atoms with Gasteiger partial charge in [0.2, 0.25) is 5.95 Å². The number of terminal acetylenes is 1. The van der Waals surface area contributed by atoms with E-state index in [-0.39, 0.29) is 11.3 Å². The Hall–Kier alpha value is -3.72. The summed E-state index contributed by atoms with van der Waals surface area (Å²) in [4.78, 5) is 26.6. The summed E-state index contributed by atoms with van der Waals surface area (Å²) in [6, 6.07) is 5.86. The van der Waals surface area contributed by atoms with Crippen LogP contribution in [0.3, 0.4) is 0 Å². The van der Waals surface area contributed by atoms with Gasteiger partial charge in [-0.25, -0.2) is 9.97 Å². The molecule has 0 aliphatic heterocycles. The third-order valence-corrected chi connectivity index (χ3v) is 6.59. The lowest BCUT2D eigenvalue weighted by atomic mass is 9.70. The average Bonchev–Trinajstić information content (AvgIpc) is 3.28. The number of nitrogens with zero attached hydrogens (tertiary/aromatic N) is 4. The third-order valence-electron chi connectivity index (χ3n) is 6.59. The van der Waals surface area contributed by atoms with Gasteiger partial charge in [0.25, 0.3) is 5.91 Å². The van der Waals surface area contributed by atoms with E-state index in [4.69, 9.17) is 6.42 Å². The molecule has 4 rings (SSSR count). The Labute approximate surface area is 194 Å². The van der Waals surface area contributed by atoms with Crippen LogP contribution in [0, 0.1) is 12.3 Å². The zero-order chi connectivity index (χ0) is 23.3. The molecule has 6 heteroatoms. The molecule has 3 aromatic heterocycles. The summed E-state index contributed by atoms with van der Waals surface area (Å²) in [6.07, 6.45) is 22.2. The van der Waals surface area contributed by atoms with Crippen molar-refractivity contribution in [2.75, 3.05) is 6.54 Å². The molecule has 33 heavy (non-hydrogen) atoms. The average molecular weight is 440 g/mol. The molecular formula is C27H29N5O. The molecule has 168 valence electrons. The zero-order valence-corrected chi connectivity index (χ0v) is 19.2. The van der Waals surface area contributed by atoms with Crippen LogP contribution in [0.4, 0.5) is 0 Å². The Morgan fingerprint density at radius 1 is 1.21 bits per heavy atom. The molecule has 1 amide bonds. The zero-order valence-electron chi connectivity index (χ0n) is 19.2. The van der Waals surface area contributed by atoms with Gasteiger partial charge in [-0.1, -0.05) is 37.3 Å². The topological polar surface area (TPSA) is 72.7 Å². The largest absolute Gasteiger partial charge is 0.351 e. The molecule has 3 heterocycles. The number of amides is 1. The summed E-state index contributed by atoms with van der Waals surface area (Å²) in [5.41, 5.74) is 2.32. The van der Waals surface area contributed by atoms with Gasteiger partial charge in [-0.15, -0.1) is 6.42 Å². The van der Waals surface area contributed by atoms with Crippen molar-refractivity contribution in [3.05, 3.63) is 70.9 Å². The number of aromatic nitrogens is 4. The van der Waals surface area contributed by atoms with Crippen LogP contribution < -0.4 is 15.9 Å². The maximum Gasteiger partial charge on any atom is 0.253 e. The van der Waals surface area contributed by atoms with E-state index in [0.29, 0.717) is 23.6 Å². The van der Waals surface area contributed by atoms with Crippen molar-refractivity contribution in [2.24, 2.45) is 0 Å². The van der Waals surface area contributed by atoms with Gasteiger partial charge in [-0.2, -0.15) is 0 Å². The van der Waals surface area contributed by atoms with Crippen LogP contribution in [0.2, 0.25) is 0 Å². The Morgan fingerprint density at radius 2 is 1.97 bits per heavy atom. The lowest BCUT2D eigenvalue weighted by Gasteiger charge is -2.37. The first-order chi connectivity index (χ1) is 16.1. The standard InChI is InChI=1S/C27H29N5O/c1-4-20(3)24-22(18-32(23(24)5-2)26-29-15-10-16-30-26)25(33)31-19-27(12-7-6-8-13-27)21-11-9-14-28-17-21/h1,5,9-11,14-18H,6-8,12-13,19H2,2-3H3,(H,31,33). The molecule has 1 N–H and O–H groups in total. The van der Waals surface area contributed by atoms with Crippen LogP contribution in [0.15, 0.2) is 49.2 Å². The normalized spacial score (nSPS) is 16.7. The van der Waals surface area contributed by atoms with Gasteiger partial charge in [-0.3, -0.25) is 14.3 Å². The summed E-state index contributed by atoms with van der Waals surface area (Å²) in [5.74, 6) is 3.06. The number of hydrogen-bond donors (Lipinski definition) is 1. The van der Waals surface area contributed by atoms with E-state index in [0.717, 1.165) is 36.3 Å². The van der Waals surface area contributed by atoms with Crippen molar-refractivity contribution >= 4 is 17.6 Å². The summed E-state index contributed by atoms with van der Waals surface area (Å²) in [7, 11) is 0. The Balaban J connectivity index is 1.73. The molecule has 6 nitrogen and oxygen atoms in total. The van der Waals surface area contributed by atoms with Crippen LogP contribution in [0.25, 0.3) is 17.6 Å². The number of nitrogens with one attached hydrogen (secondary N) is 1. The molecule has 1 aliphatic carbocycles. The van der Waals surface area contributed by atoms with E-state index in [9.17, 15) is 4.79 Å². The highest BCUT2D eigenvalue weighted by atomic mass is 16.1. The minimum Gasteiger partial charge on any atom is -0.351 e. The quantitative estimate of drug-likeness (QED) is 0.621. The van der Waals surface area contributed by atoms with Crippen molar-refractivity contribution < 1.29 is 4.79 Å². The molecule has 0 unspecified atom stereocenters. The van der Waals surface area contributed by atoms with Crippen LogP contribution in [0.1, 0.15) is 61.9 Å². The lowest BCUT2D eigenvalue weighted by Crippen LogP contribution is -2.43. The molecule has 0 spiro atoms. The fraction of sp³-hybridized carbons (Fsp3) is 0.333. The van der Waals surface area contributed by atoms with Gasteiger partial charge in [0.1, 0.15) is 0 Å². The molecule has 0 atom stereocenters. The second-order valence-corrected chi connectivity index (χ2v) is 8.55.